The summed E-state index contributed by atoms with van der Waals surface area (Å²) in [6.07, 6.45) is 7.76. The van der Waals surface area contributed by atoms with Crippen LogP contribution >= 0.6 is 11.8 Å². The number of hydrogen-bond acceptors (Lipinski definition) is 7. The maximum Gasteiger partial charge on any atom is 0.161 e. The number of aliphatic hydroxyl groups is 1. The van der Waals surface area contributed by atoms with Crippen molar-refractivity contribution in [3.63, 3.8) is 0 Å². The molecular weight excluding hydrogens is 404 g/mol. The average molecular weight is 445 g/mol. The van der Waals surface area contributed by atoms with E-state index in [2.05, 4.69) is 16.7 Å². The molecule has 8 nitrogen and oxygen atoms in total. The molecule has 2 aromatic rings. The molecule has 1 heterocycles. The smallest absolute Gasteiger partial charge is 0.161 e. The second-order valence-corrected chi connectivity index (χ2v) is 7.51. The highest BCUT2D eigenvalue weighted by molar-refractivity contribution is 7.99. The first-order chi connectivity index (χ1) is 13.6. The first-order valence-corrected chi connectivity index (χ1v) is 11.1. The van der Waals surface area contributed by atoms with Crippen molar-refractivity contribution in [2.75, 3.05) is 24.1 Å². The van der Waals surface area contributed by atoms with Gasteiger partial charge in [-0.3, -0.25) is 10.7 Å². The van der Waals surface area contributed by atoms with Crippen LogP contribution in [0.2, 0.25) is 0 Å². The van der Waals surface area contributed by atoms with Gasteiger partial charge in [-0.05, 0) is 49.8 Å². The molecule has 1 saturated carbocycles. The van der Waals surface area contributed by atoms with Gasteiger partial charge in [0.1, 0.15) is 5.82 Å². The van der Waals surface area contributed by atoms with Gasteiger partial charge in [-0.25, -0.2) is 9.97 Å². The number of thioether (sulfide) groups is 1. The molecule has 3 rings (SSSR count). The van der Waals surface area contributed by atoms with Crippen molar-refractivity contribution < 1.29 is 22.7 Å². The molecule has 0 atom stereocenters. The Hall–Kier alpha value is -1.91. The molecule has 1 aliphatic carbocycles. The number of nitrogens with one attached hydrogen (secondary N) is 1. The van der Waals surface area contributed by atoms with E-state index in [1.165, 1.54) is 12.8 Å². The summed E-state index contributed by atoms with van der Waals surface area (Å²) in [7, 11) is 0. The highest BCUT2D eigenvalue weighted by Gasteiger charge is 2.36. The molecule has 0 aliphatic heterocycles. The maximum atomic E-state index is 8.89. The van der Waals surface area contributed by atoms with Crippen LogP contribution in [-0.2, 0) is 4.75 Å². The molecule has 1 aromatic carbocycles. The summed E-state index contributed by atoms with van der Waals surface area (Å²) in [6.45, 7) is 6.25. The summed E-state index contributed by atoms with van der Waals surface area (Å²) in [6, 6.07) is 9.22. The Kier molecular flexibility index (Phi) is 16.0. The molecule has 1 fully saturated rings. The largest absolute Gasteiger partial charge is 0.412 e. The van der Waals surface area contributed by atoms with Crippen molar-refractivity contribution in [3.8, 4) is 11.4 Å². The van der Waals surface area contributed by atoms with Gasteiger partial charge in [-0.15, -0.1) is 0 Å². The number of nitrogen functional groups attached to an aromatic ring is 1. The number of anilines is 2. The van der Waals surface area contributed by atoms with Crippen LogP contribution in [0.15, 0.2) is 30.3 Å². The fourth-order valence-corrected chi connectivity index (χ4v) is 4.04. The zero-order chi connectivity index (χ0) is 21.0. The van der Waals surface area contributed by atoms with Crippen LogP contribution in [0.3, 0.4) is 0 Å². The van der Waals surface area contributed by atoms with Gasteiger partial charge in [0.25, 0.3) is 0 Å². The monoisotopic (exact) mass is 444 g/mol. The Morgan fingerprint density at radius 1 is 1.13 bits per heavy atom. The summed E-state index contributed by atoms with van der Waals surface area (Å²) in [4.78, 5) is 9.16. The Labute approximate surface area is 185 Å². The van der Waals surface area contributed by atoms with E-state index in [1.54, 1.807) is 12.1 Å². The van der Waals surface area contributed by atoms with Gasteiger partial charge in [-0.1, -0.05) is 33.6 Å². The number of rotatable bonds is 5. The molecule has 9 heteroatoms. The summed E-state index contributed by atoms with van der Waals surface area (Å²) in [5.74, 6) is 1.14. The van der Waals surface area contributed by atoms with Crippen LogP contribution < -0.4 is 11.2 Å². The third-order valence-corrected chi connectivity index (χ3v) is 5.91. The summed E-state index contributed by atoms with van der Waals surface area (Å²) < 4.78 is 0.0679. The first-order valence-electron chi connectivity index (χ1n) is 9.90. The van der Waals surface area contributed by atoms with E-state index in [1.807, 2.05) is 50.7 Å². The average Bonchev–Trinajstić information content (AvgIpc) is 3.25. The van der Waals surface area contributed by atoms with E-state index in [0.29, 0.717) is 23.9 Å². The fourth-order valence-electron chi connectivity index (χ4n) is 3.03. The van der Waals surface area contributed by atoms with Crippen LogP contribution in [0, 0.1) is 0 Å². The van der Waals surface area contributed by atoms with E-state index >= 15 is 0 Å². The minimum atomic E-state index is 0. The molecule has 0 saturated heterocycles. The van der Waals surface area contributed by atoms with Crippen molar-refractivity contribution >= 4 is 23.3 Å². The highest BCUT2D eigenvalue weighted by atomic mass is 32.2. The molecule has 174 valence electrons. The lowest BCUT2D eigenvalue weighted by Crippen LogP contribution is -2.19. The zero-order valence-electron chi connectivity index (χ0n) is 18.4. The lowest BCUT2D eigenvalue weighted by atomic mass is 10.0. The predicted molar refractivity (Wildman–Crippen MR) is 129 cm³/mol. The zero-order valence-corrected chi connectivity index (χ0v) is 19.2. The van der Waals surface area contributed by atoms with E-state index in [0.717, 1.165) is 30.5 Å². The van der Waals surface area contributed by atoms with E-state index in [4.69, 9.17) is 21.0 Å². The molecule has 1 aliphatic rings. The van der Waals surface area contributed by atoms with Gasteiger partial charge in [-0.2, -0.15) is 11.8 Å². The van der Waals surface area contributed by atoms with Gasteiger partial charge >= 0.3 is 0 Å². The maximum absolute atomic E-state index is 8.89. The number of aliphatic hydroxyl groups excluding tert-OH is 1. The number of benzene rings is 1. The molecule has 0 bridgehead atoms. The molecule has 9 N–H and O–H groups in total. The van der Waals surface area contributed by atoms with Crippen molar-refractivity contribution in [1.29, 1.82) is 0 Å². The molecule has 0 unspecified atom stereocenters. The number of nitrogens with zero attached hydrogens (tertiary/aromatic N) is 2. The lowest BCUT2D eigenvalue weighted by Gasteiger charge is -2.26. The molecule has 0 radical (unpaired) electrons. The highest BCUT2D eigenvalue weighted by Crippen LogP contribution is 2.48. The van der Waals surface area contributed by atoms with Gasteiger partial charge in [0.05, 0.1) is 16.1 Å². The van der Waals surface area contributed by atoms with E-state index in [9.17, 15) is 0 Å². The number of hydrogen-bond donors (Lipinski definition) is 4. The van der Waals surface area contributed by atoms with Gasteiger partial charge in [0.15, 0.2) is 5.82 Å². The van der Waals surface area contributed by atoms with Gasteiger partial charge in [0.2, 0.25) is 0 Å². The lowest BCUT2D eigenvalue weighted by molar-refractivity contribution is 0.295. The fraction of sp³-hybridized carbons (Fsp3) is 0.524. The Morgan fingerprint density at radius 3 is 2.10 bits per heavy atom. The van der Waals surface area contributed by atoms with Crippen LogP contribution in [0.25, 0.3) is 11.4 Å². The molecule has 30 heavy (non-hydrogen) atoms. The van der Waals surface area contributed by atoms with Crippen LogP contribution in [0.1, 0.15) is 60.0 Å². The summed E-state index contributed by atoms with van der Waals surface area (Å²) in [5, 5.41) is 16.8. The minimum Gasteiger partial charge on any atom is -0.412 e. The van der Waals surface area contributed by atoms with Crippen molar-refractivity contribution in [2.45, 2.75) is 57.6 Å². The number of nitrogens with two attached hydrogens (primary N) is 1. The second-order valence-electron chi connectivity index (χ2n) is 6.32. The second kappa shape index (κ2) is 15.9. The Bertz CT molecular complexity index is 700. The van der Waals surface area contributed by atoms with Crippen molar-refractivity contribution in [1.82, 2.24) is 9.97 Å². The molecule has 0 amide bonds. The molecule has 0 spiro atoms. The Morgan fingerprint density at radius 2 is 1.67 bits per heavy atom. The van der Waals surface area contributed by atoms with Crippen LogP contribution in [0.5, 0.6) is 0 Å². The topological polar surface area (TPSA) is 167 Å². The molecular formula is C21H40N4O4S. The van der Waals surface area contributed by atoms with Crippen molar-refractivity contribution in [3.05, 3.63) is 36.0 Å². The van der Waals surface area contributed by atoms with Crippen LogP contribution in [-0.4, -0.2) is 44.1 Å². The minimum absolute atomic E-state index is 0. The first kappa shape index (κ1) is 30.3. The number of aromatic nitrogens is 2. The third kappa shape index (κ3) is 8.08. The summed E-state index contributed by atoms with van der Waals surface area (Å²) >= 11 is 1.86. The van der Waals surface area contributed by atoms with Gasteiger partial charge in [0, 0.05) is 19.7 Å². The SMILES string of the molecule is CC.CCCO.CSC1(c2cc(N)nc(-c3ccc(NO)cc3)n2)CCCC1.O.O.[HH]. The third-order valence-electron chi connectivity index (χ3n) is 4.51. The van der Waals surface area contributed by atoms with Crippen molar-refractivity contribution in [2.24, 2.45) is 0 Å². The molecule has 1 aromatic heterocycles. The summed E-state index contributed by atoms with van der Waals surface area (Å²) in [5.41, 5.74) is 10.7. The van der Waals surface area contributed by atoms with E-state index < -0.39 is 0 Å². The van der Waals surface area contributed by atoms with Gasteiger partial charge < -0.3 is 21.8 Å². The Balaban J connectivity index is -0.000000787. The standard InChI is InChI=1S/C16H20N4OS.C3H8O.C2H6.2H2O.H2/c1-22-16(8-2-3-9-16)13-10-14(17)19-15(18-13)11-4-6-12(20-21)7-5-11;1-2-3-4;1-2;;;/h4-7,10,20-21H,2-3,8-9H2,1H3,(H2,17,18,19);4H,2-3H2,1H3;1-2H3;2*1H2;1H. The predicted octanol–water partition coefficient (Wildman–Crippen LogP) is 3.67. The normalized spacial score (nSPS) is 13.4. The van der Waals surface area contributed by atoms with Crippen LogP contribution in [0.4, 0.5) is 11.5 Å². The quantitative estimate of drug-likeness (QED) is 0.510. The van der Waals surface area contributed by atoms with E-state index in [-0.39, 0.29) is 17.1 Å².